The molecule has 0 fully saturated rings. The standard InChI is InChI=1S/C14H22N2O/c1-11(2)10-12-5-7-13(8-6-12)16-14(17)4-3-9-15/h5-8,11H,3-4,9-10,15H2,1-2H3,(H,16,17). The highest BCUT2D eigenvalue weighted by Gasteiger charge is 2.02. The monoisotopic (exact) mass is 234 g/mol. The molecule has 3 nitrogen and oxygen atoms in total. The smallest absolute Gasteiger partial charge is 0.224 e. The molecule has 0 saturated carbocycles. The van der Waals surface area contributed by atoms with Crippen LogP contribution < -0.4 is 11.1 Å². The highest BCUT2D eigenvalue weighted by molar-refractivity contribution is 5.90. The van der Waals surface area contributed by atoms with Gasteiger partial charge in [-0.05, 0) is 43.0 Å². The molecule has 0 unspecified atom stereocenters. The molecule has 0 radical (unpaired) electrons. The minimum atomic E-state index is 0.0343. The third kappa shape index (κ3) is 5.50. The molecule has 1 rings (SSSR count). The van der Waals surface area contributed by atoms with Gasteiger partial charge in [0.05, 0.1) is 0 Å². The van der Waals surface area contributed by atoms with Crippen molar-refractivity contribution < 1.29 is 4.79 Å². The van der Waals surface area contributed by atoms with E-state index in [4.69, 9.17) is 5.73 Å². The van der Waals surface area contributed by atoms with E-state index in [1.54, 1.807) is 0 Å². The maximum atomic E-state index is 11.5. The predicted octanol–water partition coefficient (Wildman–Crippen LogP) is 2.56. The number of hydrogen-bond donors (Lipinski definition) is 2. The number of hydrogen-bond acceptors (Lipinski definition) is 2. The van der Waals surface area contributed by atoms with Crippen molar-refractivity contribution in [1.29, 1.82) is 0 Å². The molecule has 1 aromatic carbocycles. The number of carbonyl (C=O) groups is 1. The molecule has 1 aromatic rings. The fourth-order valence-electron chi connectivity index (χ4n) is 1.68. The maximum Gasteiger partial charge on any atom is 0.224 e. The molecule has 0 spiro atoms. The van der Waals surface area contributed by atoms with Crippen molar-refractivity contribution in [2.24, 2.45) is 11.7 Å². The molecule has 1 amide bonds. The topological polar surface area (TPSA) is 55.1 Å². The summed E-state index contributed by atoms with van der Waals surface area (Å²) in [6.45, 7) is 4.95. The minimum absolute atomic E-state index is 0.0343. The highest BCUT2D eigenvalue weighted by Crippen LogP contribution is 2.13. The summed E-state index contributed by atoms with van der Waals surface area (Å²) in [6.07, 6.45) is 2.29. The van der Waals surface area contributed by atoms with Crippen molar-refractivity contribution >= 4 is 11.6 Å². The van der Waals surface area contributed by atoms with Gasteiger partial charge in [-0.15, -0.1) is 0 Å². The molecule has 0 bridgehead atoms. The number of amides is 1. The van der Waals surface area contributed by atoms with E-state index in [1.807, 2.05) is 12.1 Å². The third-order valence-electron chi connectivity index (χ3n) is 2.49. The third-order valence-corrected chi connectivity index (χ3v) is 2.49. The Hall–Kier alpha value is -1.35. The first-order valence-corrected chi connectivity index (χ1v) is 6.20. The zero-order chi connectivity index (χ0) is 12.7. The van der Waals surface area contributed by atoms with E-state index >= 15 is 0 Å². The summed E-state index contributed by atoms with van der Waals surface area (Å²) in [6, 6.07) is 8.05. The summed E-state index contributed by atoms with van der Waals surface area (Å²) < 4.78 is 0. The van der Waals surface area contributed by atoms with Crippen molar-refractivity contribution in [3.8, 4) is 0 Å². The van der Waals surface area contributed by atoms with Gasteiger partial charge in [0.25, 0.3) is 0 Å². The van der Waals surface area contributed by atoms with E-state index in [-0.39, 0.29) is 5.91 Å². The Kier molecular flexibility index (Phi) is 5.70. The van der Waals surface area contributed by atoms with Gasteiger partial charge >= 0.3 is 0 Å². The molecular formula is C14H22N2O. The number of nitrogens with two attached hydrogens (primary N) is 1. The van der Waals surface area contributed by atoms with E-state index in [2.05, 4.69) is 31.3 Å². The molecule has 0 aromatic heterocycles. The van der Waals surface area contributed by atoms with Gasteiger partial charge in [0.1, 0.15) is 0 Å². The number of anilines is 1. The molecule has 17 heavy (non-hydrogen) atoms. The lowest BCUT2D eigenvalue weighted by Crippen LogP contribution is -2.13. The Labute approximate surface area is 103 Å². The summed E-state index contributed by atoms with van der Waals surface area (Å²) >= 11 is 0. The molecule has 0 atom stereocenters. The molecule has 3 N–H and O–H groups in total. The van der Waals surface area contributed by atoms with Crippen LogP contribution in [0.15, 0.2) is 24.3 Å². The molecule has 0 aliphatic rings. The lowest BCUT2D eigenvalue weighted by molar-refractivity contribution is -0.116. The Morgan fingerprint density at radius 3 is 2.47 bits per heavy atom. The fourth-order valence-corrected chi connectivity index (χ4v) is 1.68. The van der Waals surface area contributed by atoms with Gasteiger partial charge in [0.2, 0.25) is 5.91 Å². The largest absolute Gasteiger partial charge is 0.330 e. The number of rotatable bonds is 6. The quantitative estimate of drug-likeness (QED) is 0.794. The van der Waals surface area contributed by atoms with Crippen molar-refractivity contribution in [2.45, 2.75) is 33.1 Å². The van der Waals surface area contributed by atoms with Gasteiger partial charge in [-0.25, -0.2) is 0 Å². The number of nitrogens with one attached hydrogen (secondary N) is 1. The van der Waals surface area contributed by atoms with Gasteiger partial charge in [0.15, 0.2) is 0 Å². The molecular weight excluding hydrogens is 212 g/mol. The summed E-state index contributed by atoms with van der Waals surface area (Å²) in [5.41, 5.74) is 7.52. The zero-order valence-corrected chi connectivity index (χ0v) is 10.7. The van der Waals surface area contributed by atoms with Crippen LogP contribution in [0.3, 0.4) is 0 Å². The van der Waals surface area contributed by atoms with Gasteiger partial charge in [-0.1, -0.05) is 26.0 Å². The maximum absolute atomic E-state index is 11.5. The second kappa shape index (κ2) is 7.07. The van der Waals surface area contributed by atoms with Crippen LogP contribution >= 0.6 is 0 Å². The predicted molar refractivity (Wildman–Crippen MR) is 71.9 cm³/mol. The van der Waals surface area contributed by atoms with Gasteiger partial charge in [-0.2, -0.15) is 0 Å². The van der Waals surface area contributed by atoms with Crippen molar-refractivity contribution in [1.82, 2.24) is 0 Å². The zero-order valence-electron chi connectivity index (χ0n) is 10.7. The van der Waals surface area contributed by atoms with Crippen LogP contribution in [0.1, 0.15) is 32.3 Å². The van der Waals surface area contributed by atoms with Crippen molar-refractivity contribution in [3.63, 3.8) is 0 Å². The minimum Gasteiger partial charge on any atom is -0.330 e. The first-order valence-electron chi connectivity index (χ1n) is 6.20. The van der Waals surface area contributed by atoms with Crippen LogP contribution in [0.2, 0.25) is 0 Å². The Morgan fingerprint density at radius 2 is 1.94 bits per heavy atom. The average molecular weight is 234 g/mol. The Morgan fingerprint density at radius 1 is 1.29 bits per heavy atom. The summed E-state index contributed by atoms with van der Waals surface area (Å²) in [4.78, 5) is 11.5. The molecule has 0 heterocycles. The van der Waals surface area contributed by atoms with Crippen LogP contribution in [0.4, 0.5) is 5.69 Å². The van der Waals surface area contributed by atoms with E-state index in [9.17, 15) is 4.79 Å². The van der Waals surface area contributed by atoms with Gasteiger partial charge < -0.3 is 11.1 Å². The van der Waals surface area contributed by atoms with Crippen LogP contribution in [0.25, 0.3) is 0 Å². The number of carbonyl (C=O) groups excluding carboxylic acids is 1. The van der Waals surface area contributed by atoms with Crippen molar-refractivity contribution in [2.75, 3.05) is 11.9 Å². The molecule has 0 aliphatic carbocycles. The molecule has 0 aliphatic heterocycles. The Balaban J connectivity index is 2.47. The Bertz CT molecular complexity index is 344. The lowest BCUT2D eigenvalue weighted by Gasteiger charge is -2.07. The van der Waals surface area contributed by atoms with Crippen LogP contribution in [-0.4, -0.2) is 12.5 Å². The van der Waals surface area contributed by atoms with E-state index in [0.29, 0.717) is 18.9 Å². The first-order chi connectivity index (χ1) is 8.11. The first kappa shape index (κ1) is 13.7. The summed E-state index contributed by atoms with van der Waals surface area (Å²) in [5, 5.41) is 2.86. The number of benzene rings is 1. The van der Waals surface area contributed by atoms with E-state index < -0.39 is 0 Å². The SMILES string of the molecule is CC(C)Cc1ccc(NC(=O)CCCN)cc1. The highest BCUT2D eigenvalue weighted by atomic mass is 16.1. The van der Waals surface area contributed by atoms with Gasteiger partial charge in [0, 0.05) is 12.1 Å². The second-order valence-electron chi connectivity index (χ2n) is 4.74. The average Bonchev–Trinajstić information content (AvgIpc) is 2.28. The summed E-state index contributed by atoms with van der Waals surface area (Å²) in [5.74, 6) is 0.687. The lowest BCUT2D eigenvalue weighted by atomic mass is 10.0. The van der Waals surface area contributed by atoms with Gasteiger partial charge in [-0.3, -0.25) is 4.79 Å². The normalized spacial score (nSPS) is 10.6. The fraction of sp³-hybridized carbons (Fsp3) is 0.500. The second-order valence-corrected chi connectivity index (χ2v) is 4.74. The molecule has 3 heteroatoms. The van der Waals surface area contributed by atoms with E-state index in [0.717, 1.165) is 18.5 Å². The van der Waals surface area contributed by atoms with Crippen molar-refractivity contribution in [3.05, 3.63) is 29.8 Å². The molecule has 94 valence electrons. The van der Waals surface area contributed by atoms with Crippen LogP contribution in [0.5, 0.6) is 0 Å². The molecule has 0 saturated heterocycles. The van der Waals surface area contributed by atoms with Crippen LogP contribution in [0, 0.1) is 5.92 Å². The summed E-state index contributed by atoms with van der Waals surface area (Å²) in [7, 11) is 0. The van der Waals surface area contributed by atoms with Crippen LogP contribution in [-0.2, 0) is 11.2 Å². The van der Waals surface area contributed by atoms with E-state index in [1.165, 1.54) is 5.56 Å².